The molecule has 1 unspecified atom stereocenters. The third-order valence-corrected chi connectivity index (χ3v) is 10.5. The highest BCUT2D eigenvalue weighted by Crippen LogP contribution is 2.13. The van der Waals surface area contributed by atoms with E-state index in [1.54, 1.807) is 13.8 Å². The molecule has 0 saturated carbocycles. The van der Waals surface area contributed by atoms with Gasteiger partial charge in [0.2, 0.25) is 23.6 Å². The zero-order valence-corrected chi connectivity index (χ0v) is 38.9. The van der Waals surface area contributed by atoms with Crippen LogP contribution in [0.5, 0.6) is 0 Å². The normalized spacial score (nSPS) is 12.3. The fourth-order valence-corrected chi connectivity index (χ4v) is 6.83. The summed E-state index contributed by atoms with van der Waals surface area (Å²) in [5, 5.41) is 11.3. The molecule has 0 aromatic carbocycles. The molecule has 344 valence electrons. The number of ether oxygens (including phenoxy) is 2. The Kier molecular flexibility index (Phi) is 40.1. The van der Waals surface area contributed by atoms with Crippen LogP contribution in [-0.2, 0) is 28.7 Å². The molecular weight excluding hydrogens is 741 g/mol. The molecule has 10 heteroatoms. The van der Waals surface area contributed by atoms with Crippen LogP contribution in [0.1, 0.15) is 221 Å². The van der Waals surface area contributed by atoms with Crippen molar-refractivity contribution in [3.8, 4) is 0 Å². The summed E-state index contributed by atoms with van der Waals surface area (Å²) in [6.07, 6.45) is 42.5. The largest absolute Gasteiger partial charge is 0.354 e. The van der Waals surface area contributed by atoms with Crippen LogP contribution in [0.4, 0.5) is 0 Å². The van der Waals surface area contributed by atoms with Gasteiger partial charge < -0.3 is 30.7 Å². The minimum absolute atomic E-state index is 0.0343. The van der Waals surface area contributed by atoms with Crippen molar-refractivity contribution in [3.63, 3.8) is 0 Å². The zero-order valence-electron chi connectivity index (χ0n) is 38.9. The predicted octanol–water partition coefficient (Wildman–Crippen LogP) is 11.1. The van der Waals surface area contributed by atoms with E-state index in [1.807, 2.05) is 0 Å². The molecule has 0 aromatic heterocycles. The summed E-state index contributed by atoms with van der Waals surface area (Å²) in [4.78, 5) is 49.9. The molecule has 0 aliphatic rings. The SMILES string of the molecule is CCCCCCCCC=CCCCCCCCC(=O)NCC(NC(=O)CCCCCCCC=CCCCCCCCCC)C(=O)NCCOC(C)(C)OCCNC(C)=O. The Bertz CT molecular complexity index is 1080. The molecule has 0 heterocycles. The van der Waals surface area contributed by atoms with Crippen molar-refractivity contribution in [2.75, 3.05) is 32.8 Å². The van der Waals surface area contributed by atoms with E-state index in [4.69, 9.17) is 9.47 Å². The van der Waals surface area contributed by atoms with Gasteiger partial charge in [-0.05, 0) is 78.1 Å². The van der Waals surface area contributed by atoms with Gasteiger partial charge in [0.15, 0.2) is 5.79 Å². The van der Waals surface area contributed by atoms with E-state index in [1.165, 1.54) is 116 Å². The van der Waals surface area contributed by atoms with E-state index in [9.17, 15) is 19.2 Å². The van der Waals surface area contributed by atoms with Gasteiger partial charge in [0, 0.05) is 39.4 Å². The molecule has 0 fully saturated rings. The lowest BCUT2D eigenvalue weighted by atomic mass is 10.1. The zero-order chi connectivity index (χ0) is 43.5. The topological polar surface area (TPSA) is 135 Å². The molecule has 59 heavy (non-hydrogen) atoms. The summed E-state index contributed by atoms with van der Waals surface area (Å²) in [6, 6.07) is -0.879. The summed E-state index contributed by atoms with van der Waals surface area (Å²) in [7, 11) is 0. The van der Waals surface area contributed by atoms with Crippen molar-refractivity contribution in [2.24, 2.45) is 0 Å². The molecule has 4 amide bonds. The first-order valence-corrected chi connectivity index (χ1v) is 24.3. The third-order valence-electron chi connectivity index (χ3n) is 10.5. The Morgan fingerprint density at radius 2 is 0.864 bits per heavy atom. The van der Waals surface area contributed by atoms with Crippen LogP contribution in [0.2, 0.25) is 0 Å². The Morgan fingerprint density at radius 3 is 1.29 bits per heavy atom. The number of nitrogens with one attached hydrogen (secondary N) is 4. The molecule has 0 aliphatic heterocycles. The molecule has 1 atom stereocenters. The number of hydrogen-bond acceptors (Lipinski definition) is 6. The van der Waals surface area contributed by atoms with Crippen LogP contribution in [0, 0.1) is 0 Å². The van der Waals surface area contributed by atoms with Crippen molar-refractivity contribution in [2.45, 2.75) is 233 Å². The van der Waals surface area contributed by atoms with Crippen LogP contribution in [0.25, 0.3) is 0 Å². The Balaban J connectivity index is 4.51. The van der Waals surface area contributed by atoms with E-state index in [-0.39, 0.29) is 43.3 Å². The maximum Gasteiger partial charge on any atom is 0.244 e. The average molecular weight is 833 g/mol. The first-order valence-electron chi connectivity index (χ1n) is 24.3. The van der Waals surface area contributed by atoms with Gasteiger partial charge in [-0.2, -0.15) is 0 Å². The van der Waals surface area contributed by atoms with Gasteiger partial charge in [-0.25, -0.2) is 0 Å². The standard InChI is InChI=1S/C49H92N4O6/c1-6-8-10-12-14-16-18-20-22-24-26-28-30-32-34-36-38-47(56)53-45(48(57)51-40-42-59-49(4,5)58-41-39-50-44(3)54)43-52-46(55)37-35-33-31-29-27-25-23-21-19-17-15-13-11-9-7-2/h21-24,45H,6-20,25-43H2,1-5H3,(H,50,54)(H,51,57)(H,52,55)(H,53,56). The van der Waals surface area contributed by atoms with Crippen LogP contribution < -0.4 is 21.3 Å². The van der Waals surface area contributed by atoms with Gasteiger partial charge in [0.05, 0.1) is 13.2 Å². The van der Waals surface area contributed by atoms with Crippen LogP contribution in [0.15, 0.2) is 24.3 Å². The molecule has 0 aliphatic carbocycles. The average Bonchev–Trinajstić information content (AvgIpc) is 3.20. The molecule has 4 N–H and O–H groups in total. The fraction of sp³-hybridized carbons (Fsp3) is 0.837. The van der Waals surface area contributed by atoms with Crippen LogP contribution >= 0.6 is 0 Å². The summed E-state index contributed by atoms with van der Waals surface area (Å²) in [6.45, 7) is 10.6. The minimum atomic E-state index is -0.904. The van der Waals surface area contributed by atoms with Gasteiger partial charge >= 0.3 is 0 Å². The molecule has 10 nitrogen and oxygen atoms in total. The van der Waals surface area contributed by atoms with E-state index in [2.05, 4.69) is 59.4 Å². The second-order valence-electron chi connectivity index (χ2n) is 16.8. The molecular formula is C49H92N4O6. The highest BCUT2D eigenvalue weighted by atomic mass is 16.7. The molecule has 0 rings (SSSR count). The maximum absolute atomic E-state index is 13.2. The number of rotatable bonds is 43. The number of hydrogen-bond donors (Lipinski definition) is 4. The van der Waals surface area contributed by atoms with Gasteiger partial charge in [-0.1, -0.05) is 147 Å². The second-order valence-corrected chi connectivity index (χ2v) is 16.8. The second kappa shape index (κ2) is 42.0. The first-order chi connectivity index (χ1) is 28.6. The summed E-state index contributed by atoms with van der Waals surface area (Å²) in [5.74, 6) is -1.69. The van der Waals surface area contributed by atoms with Gasteiger partial charge in [0.1, 0.15) is 6.04 Å². The maximum atomic E-state index is 13.2. The Hall–Kier alpha value is -2.72. The number of unbranched alkanes of at least 4 members (excludes halogenated alkanes) is 23. The minimum Gasteiger partial charge on any atom is -0.354 e. The molecule has 0 saturated heterocycles. The van der Waals surface area contributed by atoms with E-state index in [0.717, 1.165) is 64.2 Å². The third kappa shape index (κ3) is 41.8. The highest BCUT2D eigenvalue weighted by molar-refractivity contribution is 5.88. The molecule has 0 aromatic rings. The Morgan fingerprint density at radius 1 is 0.492 bits per heavy atom. The van der Waals surface area contributed by atoms with Crippen molar-refractivity contribution in [3.05, 3.63) is 24.3 Å². The van der Waals surface area contributed by atoms with Crippen LogP contribution in [-0.4, -0.2) is 68.3 Å². The Labute approximate surface area is 362 Å². The van der Waals surface area contributed by atoms with E-state index >= 15 is 0 Å². The van der Waals surface area contributed by atoms with Crippen LogP contribution in [0.3, 0.4) is 0 Å². The number of carbonyl (C=O) groups is 4. The predicted molar refractivity (Wildman–Crippen MR) is 246 cm³/mol. The van der Waals surface area contributed by atoms with Crippen molar-refractivity contribution < 1.29 is 28.7 Å². The lowest BCUT2D eigenvalue weighted by Gasteiger charge is -2.26. The summed E-state index contributed by atoms with van der Waals surface area (Å²) >= 11 is 0. The van der Waals surface area contributed by atoms with E-state index in [0.29, 0.717) is 26.0 Å². The molecule has 0 radical (unpaired) electrons. The fourth-order valence-electron chi connectivity index (χ4n) is 6.83. The number of amides is 4. The van der Waals surface area contributed by atoms with E-state index < -0.39 is 11.8 Å². The van der Waals surface area contributed by atoms with Gasteiger partial charge in [-0.15, -0.1) is 0 Å². The first kappa shape index (κ1) is 56.3. The monoisotopic (exact) mass is 833 g/mol. The number of carbonyl (C=O) groups excluding carboxylic acids is 4. The van der Waals surface area contributed by atoms with Gasteiger partial charge in [-0.3, -0.25) is 19.2 Å². The van der Waals surface area contributed by atoms with Gasteiger partial charge in [0.25, 0.3) is 0 Å². The lowest BCUT2D eigenvalue weighted by molar-refractivity contribution is -0.211. The number of allylic oxidation sites excluding steroid dienone is 4. The van der Waals surface area contributed by atoms with Crippen molar-refractivity contribution in [1.82, 2.24) is 21.3 Å². The van der Waals surface area contributed by atoms with Crippen molar-refractivity contribution >= 4 is 23.6 Å². The molecule has 0 bridgehead atoms. The summed E-state index contributed by atoms with van der Waals surface area (Å²) < 4.78 is 11.5. The summed E-state index contributed by atoms with van der Waals surface area (Å²) in [5.41, 5.74) is 0. The van der Waals surface area contributed by atoms with Crippen molar-refractivity contribution in [1.29, 1.82) is 0 Å². The smallest absolute Gasteiger partial charge is 0.244 e. The quantitative estimate of drug-likeness (QED) is 0.0274. The molecule has 0 spiro atoms. The highest BCUT2D eigenvalue weighted by Gasteiger charge is 2.23. The lowest BCUT2D eigenvalue weighted by Crippen LogP contribution is -2.53.